The smallest absolute Gasteiger partial charge is 0.270 e. The lowest BCUT2D eigenvalue weighted by Gasteiger charge is -1.98. The van der Waals surface area contributed by atoms with Gasteiger partial charge in [0.15, 0.2) is 5.82 Å². The summed E-state index contributed by atoms with van der Waals surface area (Å²) < 4.78 is 5.30. The van der Waals surface area contributed by atoms with Gasteiger partial charge in [-0.25, -0.2) is 4.98 Å². The summed E-state index contributed by atoms with van der Waals surface area (Å²) in [5.41, 5.74) is 1.81. The van der Waals surface area contributed by atoms with E-state index in [0.717, 1.165) is 21.1 Å². The first kappa shape index (κ1) is 14.4. The molecule has 1 N–H and O–H groups in total. The summed E-state index contributed by atoms with van der Waals surface area (Å²) in [6.45, 7) is 1.93. The molecule has 7 heteroatoms. The highest BCUT2D eigenvalue weighted by Crippen LogP contribution is 2.35. The average Bonchev–Trinajstić information content (AvgIpc) is 3.14. The van der Waals surface area contributed by atoms with Crippen LogP contribution in [0.1, 0.15) is 10.8 Å². The van der Waals surface area contributed by atoms with Crippen molar-refractivity contribution in [3.8, 4) is 22.0 Å². The molecule has 0 saturated heterocycles. The highest BCUT2D eigenvalue weighted by molar-refractivity contribution is 7.15. The van der Waals surface area contributed by atoms with E-state index in [-0.39, 0.29) is 12.3 Å². The second-order valence-electron chi connectivity index (χ2n) is 4.64. The van der Waals surface area contributed by atoms with E-state index in [2.05, 4.69) is 20.4 Å². The molecule has 1 aromatic carbocycles. The summed E-state index contributed by atoms with van der Waals surface area (Å²) in [4.78, 5) is 21.1. The van der Waals surface area contributed by atoms with E-state index in [0.29, 0.717) is 11.7 Å². The van der Waals surface area contributed by atoms with Gasteiger partial charge < -0.3 is 9.84 Å². The molecule has 0 aliphatic heterocycles. The van der Waals surface area contributed by atoms with Crippen molar-refractivity contribution in [3.05, 3.63) is 41.2 Å². The minimum atomic E-state index is -0.156. The van der Waals surface area contributed by atoms with Gasteiger partial charge in [-0.05, 0) is 6.92 Å². The zero-order valence-corrected chi connectivity index (χ0v) is 13.0. The van der Waals surface area contributed by atoms with Crippen LogP contribution in [0.3, 0.4) is 0 Å². The molecule has 0 saturated carbocycles. The van der Waals surface area contributed by atoms with Crippen molar-refractivity contribution in [2.75, 3.05) is 7.05 Å². The number of nitrogens with one attached hydrogen (secondary N) is 1. The lowest BCUT2D eigenvalue weighted by Crippen LogP contribution is -2.20. The van der Waals surface area contributed by atoms with E-state index in [1.54, 1.807) is 7.05 Å². The first-order chi connectivity index (χ1) is 10.7. The number of rotatable bonds is 4. The summed E-state index contributed by atoms with van der Waals surface area (Å²) in [6, 6.07) is 9.84. The van der Waals surface area contributed by atoms with Gasteiger partial charge in [0.1, 0.15) is 4.88 Å². The maximum absolute atomic E-state index is 11.4. The Labute approximate surface area is 131 Å². The molecule has 0 radical (unpaired) electrons. The van der Waals surface area contributed by atoms with Gasteiger partial charge in [0.2, 0.25) is 5.91 Å². The molecular formula is C15H14N4O2S. The molecule has 0 bridgehead atoms. The van der Waals surface area contributed by atoms with E-state index >= 15 is 0 Å². The van der Waals surface area contributed by atoms with Crippen molar-refractivity contribution in [2.24, 2.45) is 0 Å². The van der Waals surface area contributed by atoms with Crippen molar-refractivity contribution < 1.29 is 9.32 Å². The minimum absolute atomic E-state index is 0.0957. The summed E-state index contributed by atoms with van der Waals surface area (Å²) in [5, 5.41) is 7.31. The Hall–Kier alpha value is -2.54. The van der Waals surface area contributed by atoms with E-state index in [4.69, 9.17) is 4.52 Å². The van der Waals surface area contributed by atoms with Gasteiger partial charge in [-0.2, -0.15) is 4.98 Å². The molecule has 1 amide bonds. The molecule has 0 fully saturated rings. The Bertz CT molecular complexity index is 795. The van der Waals surface area contributed by atoms with Crippen LogP contribution in [0.5, 0.6) is 0 Å². The van der Waals surface area contributed by atoms with Crippen LogP contribution in [0.15, 0.2) is 34.9 Å². The minimum Gasteiger partial charge on any atom is -0.359 e. The standard InChI is InChI=1S/C15H14N4O2S/c1-9-17-13(10-6-4-3-5-7-10)14(22-9)15-18-11(19-21-15)8-12(20)16-2/h3-7H,8H2,1-2H3,(H,16,20). The quantitative estimate of drug-likeness (QED) is 0.800. The van der Waals surface area contributed by atoms with E-state index in [9.17, 15) is 4.79 Å². The highest BCUT2D eigenvalue weighted by atomic mass is 32.1. The van der Waals surface area contributed by atoms with Crippen LogP contribution in [0, 0.1) is 6.92 Å². The van der Waals surface area contributed by atoms with E-state index in [1.807, 2.05) is 37.3 Å². The zero-order chi connectivity index (χ0) is 15.5. The highest BCUT2D eigenvalue weighted by Gasteiger charge is 2.19. The molecule has 0 aliphatic rings. The van der Waals surface area contributed by atoms with Crippen molar-refractivity contribution in [1.29, 1.82) is 0 Å². The lowest BCUT2D eigenvalue weighted by molar-refractivity contribution is -0.120. The van der Waals surface area contributed by atoms with Crippen molar-refractivity contribution in [3.63, 3.8) is 0 Å². The summed E-state index contributed by atoms with van der Waals surface area (Å²) in [6.07, 6.45) is 0.0957. The van der Waals surface area contributed by atoms with Crippen LogP contribution < -0.4 is 5.32 Å². The van der Waals surface area contributed by atoms with Gasteiger partial charge in [0.25, 0.3) is 5.89 Å². The Morgan fingerprint density at radius 2 is 2.05 bits per heavy atom. The van der Waals surface area contributed by atoms with Crippen molar-refractivity contribution >= 4 is 17.2 Å². The fourth-order valence-corrected chi connectivity index (χ4v) is 2.88. The number of hydrogen-bond donors (Lipinski definition) is 1. The summed E-state index contributed by atoms with van der Waals surface area (Å²) in [5.74, 6) is 0.596. The maximum Gasteiger partial charge on any atom is 0.270 e. The van der Waals surface area contributed by atoms with Gasteiger partial charge in [0, 0.05) is 12.6 Å². The van der Waals surface area contributed by atoms with Gasteiger partial charge >= 0.3 is 0 Å². The Kier molecular flexibility index (Phi) is 3.97. The SMILES string of the molecule is CNC(=O)Cc1noc(-c2sc(C)nc2-c2ccccc2)n1. The first-order valence-corrected chi connectivity index (χ1v) is 7.55. The Morgan fingerprint density at radius 1 is 1.27 bits per heavy atom. The third-order valence-corrected chi connectivity index (χ3v) is 4.00. The van der Waals surface area contributed by atoms with Crippen LogP contribution in [-0.2, 0) is 11.2 Å². The van der Waals surface area contributed by atoms with Gasteiger partial charge in [-0.1, -0.05) is 35.5 Å². The molecule has 112 valence electrons. The van der Waals surface area contributed by atoms with Crippen molar-refractivity contribution in [1.82, 2.24) is 20.4 Å². The predicted molar refractivity (Wildman–Crippen MR) is 83.3 cm³/mol. The molecular weight excluding hydrogens is 300 g/mol. The van der Waals surface area contributed by atoms with E-state index in [1.165, 1.54) is 11.3 Å². The molecule has 22 heavy (non-hydrogen) atoms. The normalized spacial score (nSPS) is 10.6. The Morgan fingerprint density at radius 3 is 2.77 bits per heavy atom. The van der Waals surface area contributed by atoms with Gasteiger partial charge in [-0.3, -0.25) is 4.79 Å². The van der Waals surface area contributed by atoms with E-state index < -0.39 is 0 Å². The Balaban J connectivity index is 1.97. The fraction of sp³-hybridized carbons (Fsp3) is 0.200. The third-order valence-electron chi connectivity index (χ3n) is 3.04. The number of benzene rings is 1. The monoisotopic (exact) mass is 314 g/mol. The zero-order valence-electron chi connectivity index (χ0n) is 12.2. The topological polar surface area (TPSA) is 80.9 Å². The number of hydrogen-bond acceptors (Lipinski definition) is 6. The average molecular weight is 314 g/mol. The third kappa shape index (κ3) is 2.89. The van der Waals surface area contributed by atoms with Crippen LogP contribution in [0.25, 0.3) is 22.0 Å². The van der Waals surface area contributed by atoms with Crippen LogP contribution in [0.4, 0.5) is 0 Å². The molecule has 2 heterocycles. The first-order valence-electron chi connectivity index (χ1n) is 6.73. The summed E-state index contributed by atoms with van der Waals surface area (Å²) in [7, 11) is 1.57. The number of nitrogens with zero attached hydrogens (tertiary/aromatic N) is 3. The molecule has 0 atom stereocenters. The van der Waals surface area contributed by atoms with Crippen LogP contribution >= 0.6 is 11.3 Å². The molecule has 0 spiro atoms. The number of thiazole rings is 1. The number of aromatic nitrogens is 3. The molecule has 6 nitrogen and oxygen atoms in total. The van der Waals surface area contributed by atoms with Gasteiger partial charge in [0.05, 0.1) is 17.1 Å². The molecule has 0 aliphatic carbocycles. The lowest BCUT2D eigenvalue weighted by atomic mass is 10.1. The maximum atomic E-state index is 11.4. The number of aryl methyl sites for hydroxylation is 1. The molecule has 3 rings (SSSR count). The molecule has 0 unspecified atom stereocenters. The van der Waals surface area contributed by atoms with Crippen LogP contribution in [0.2, 0.25) is 0 Å². The van der Waals surface area contributed by atoms with Crippen LogP contribution in [-0.4, -0.2) is 28.1 Å². The number of amides is 1. The fourth-order valence-electron chi connectivity index (χ4n) is 2.01. The second-order valence-corrected chi connectivity index (χ2v) is 5.85. The molecule has 3 aromatic rings. The predicted octanol–water partition coefficient (Wildman–Crippen LogP) is 2.46. The number of carbonyl (C=O) groups excluding carboxylic acids is 1. The number of carbonyl (C=O) groups is 1. The molecule has 2 aromatic heterocycles. The van der Waals surface area contributed by atoms with Crippen molar-refractivity contribution in [2.45, 2.75) is 13.3 Å². The van der Waals surface area contributed by atoms with Gasteiger partial charge in [-0.15, -0.1) is 11.3 Å². The second kappa shape index (κ2) is 6.07. The summed E-state index contributed by atoms with van der Waals surface area (Å²) >= 11 is 1.49. The largest absolute Gasteiger partial charge is 0.359 e. The number of likely N-dealkylation sites (N-methyl/N-ethyl adjacent to an activating group) is 1.